The predicted molar refractivity (Wildman–Crippen MR) is 45.5 cm³/mol. The molecule has 0 aromatic heterocycles. The molecule has 11 heavy (non-hydrogen) atoms. The van der Waals surface area contributed by atoms with Gasteiger partial charge >= 0.3 is 0 Å². The van der Waals surface area contributed by atoms with Crippen molar-refractivity contribution in [3.8, 4) is 0 Å². The highest BCUT2D eigenvalue weighted by Gasteiger charge is 2.10. The fraction of sp³-hybridized carbons (Fsp3) is 1.00. The van der Waals surface area contributed by atoms with Crippen molar-refractivity contribution in [3.63, 3.8) is 0 Å². The van der Waals surface area contributed by atoms with Crippen LogP contribution in [0.1, 0.15) is 27.2 Å². The van der Waals surface area contributed by atoms with Crippen LogP contribution in [0.3, 0.4) is 0 Å². The summed E-state index contributed by atoms with van der Waals surface area (Å²) in [4.78, 5) is 0. The average Bonchev–Trinajstić information content (AvgIpc) is 1.78. The lowest BCUT2D eigenvalue weighted by Gasteiger charge is -2.17. The summed E-state index contributed by atoms with van der Waals surface area (Å²) in [6, 6.07) is 0. The van der Waals surface area contributed by atoms with E-state index in [1.54, 1.807) is 20.8 Å². The molecule has 0 aliphatic carbocycles. The summed E-state index contributed by atoms with van der Waals surface area (Å²) in [5.74, 6) is 0. The molecule has 0 fully saturated rings. The third-order valence-corrected chi connectivity index (χ3v) is 1.30. The molecule has 0 bridgehead atoms. The molecule has 0 aliphatic rings. The quantitative estimate of drug-likeness (QED) is 0.502. The molecule has 1 atom stereocenters. The lowest BCUT2D eigenvalue weighted by Crippen LogP contribution is -2.35. The van der Waals surface area contributed by atoms with Gasteiger partial charge in [-0.05, 0) is 33.7 Å². The van der Waals surface area contributed by atoms with Crippen molar-refractivity contribution in [1.29, 1.82) is 0 Å². The van der Waals surface area contributed by atoms with E-state index in [9.17, 15) is 5.11 Å². The molecule has 0 spiro atoms. The van der Waals surface area contributed by atoms with Gasteiger partial charge in [0, 0.05) is 6.54 Å². The lowest BCUT2D eigenvalue weighted by atomic mass is 10.1. The first-order valence-corrected chi connectivity index (χ1v) is 4.03. The second-order valence-electron chi connectivity index (χ2n) is 3.63. The smallest absolute Gasteiger partial charge is 0.0715 e. The maximum absolute atomic E-state index is 9.26. The second-order valence-corrected chi connectivity index (χ2v) is 3.63. The summed E-state index contributed by atoms with van der Waals surface area (Å²) in [6.07, 6.45) is 0.472. The van der Waals surface area contributed by atoms with Gasteiger partial charge in [-0.1, -0.05) is 0 Å². The molecule has 3 N–H and O–H groups in total. The Morgan fingerprint density at radius 2 is 2.00 bits per heavy atom. The first-order chi connectivity index (χ1) is 4.92. The second kappa shape index (κ2) is 4.70. The van der Waals surface area contributed by atoms with Gasteiger partial charge in [0.25, 0.3) is 0 Å². The minimum Gasteiger partial charge on any atom is -0.393 e. The van der Waals surface area contributed by atoms with Crippen LogP contribution in [0.25, 0.3) is 0 Å². The van der Waals surface area contributed by atoms with Crippen LogP contribution >= 0.6 is 0 Å². The van der Waals surface area contributed by atoms with E-state index in [0.717, 1.165) is 13.0 Å². The Bertz CT molecular complexity index is 96.8. The van der Waals surface area contributed by atoms with Crippen molar-refractivity contribution in [2.45, 2.75) is 38.9 Å². The van der Waals surface area contributed by atoms with Gasteiger partial charge in [-0.3, -0.25) is 0 Å². The zero-order chi connectivity index (χ0) is 8.91. The maximum atomic E-state index is 9.26. The predicted octanol–water partition coefficient (Wildman–Crippen LogP) is 0.118. The fourth-order valence-electron chi connectivity index (χ4n) is 0.705. The van der Waals surface area contributed by atoms with Crippen LogP contribution in [0, 0.1) is 0 Å². The van der Waals surface area contributed by atoms with Crippen molar-refractivity contribution in [2.24, 2.45) is 0 Å². The largest absolute Gasteiger partial charge is 0.393 e. The van der Waals surface area contributed by atoms with E-state index in [0.29, 0.717) is 6.54 Å². The van der Waals surface area contributed by atoms with E-state index in [1.807, 2.05) is 0 Å². The summed E-state index contributed by atoms with van der Waals surface area (Å²) < 4.78 is 0. The Morgan fingerprint density at radius 3 is 2.36 bits per heavy atom. The molecular weight excluding hydrogens is 142 g/mol. The Kier molecular flexibility index (Phi) is 4.65. The Balaban J connectivity index is 3.15. The van der Waals surface area contributed by atoms with Crippen LogP contribution in [0.4, 0.5) is 0 Å². The third kappa shape index (κ3) is 9.88. The molecule has 0 saturated carbocycles. The van der Waals surface area contributed by atoms with Crippen molar-refractivity contribution >= 4 is 0 Å². The minimum absolute atomic E-state index is 0.260. The highest BCUT2D eigenvalue weighted by Crippen LogP contribution is 1.97. The topological polar surface area (TPSA) is 52.5 Å². The molecule has 1 unspecified atom stereocenters. The summed E-state index contributed by atoms with van der Waals surface area (Å²) in [5.41, 5.74) is -0.654. The minimum atomic E-state index is -0.654. The molecule has 68 valence electrons. The van der Waals surface area contributed by atoms with Gasteiger partial charge < -0.3 is 15.5 Å². The molecule has 0 heterocycles. The standard InChI is InChI=1S/C8H19NO2/c1-7(10)4-5-9-6-8(2,3)11/h7,9-11H,4-6H2,1-3H3. The summed E-state index contributed by atoms with van der Waals surface area (Å²) in [5, 5.41) is 21.2. The highest BCUT2D eigenvalue weighted by molar-refractivity contribution is 4.68. The molecular formula is C8H19NO2. The van der Waals surface area contributed by atoms with Gasteiger partial charge in [0.2, 0.25) is 0 Å². The van der Waals surface area contributed by atoms with E-state index >= 15 is 0 Å². The van der Waals surface area contributed by atoms with E-state index < -0.39 is 5.60 Å². The molecule has 0 saturated heterocycles. The monoisotopic (exact) mass is 161 g/mol. The van der Waals surface area contributed by atoms with Crippen LogP contribution in [0.15, 0.2) is 0 Å². The SMILES string of the molecule is CC(O)CCNCC(C)(C)O. The highest BCUT2D eigenvalue weighted by atomic mass is 16.3. The number of aliphatic hydroxyl groups excluding tert-OH is 1. The molecule has 0 aromatic carbocycles. The van der Waals surface area contributed by atoms with Crippen LogP contribution in [0.2, 0.25) is 0 Å². The first-order valence-electron chi connectivity index (χ1n) is 4.03. The van der Waals surface area contributed by atoms with Gasteiger partial charge in [-0.25, -0.2) is 0 Å². The number of hydrogen-bond acceptors (Lipinski definition) is 3. The van der Waals surface area contributed by atoms with E-state index in [1.165, 1.54) is 0 Å². The fourth-order valence-corrected chi connectivity index (χ4v) is 0.705. The zero-order valence-electron chi connectivity index (χ0n) is 7.59. The van der Waals surface area contributed by atoms with Crippen LogP contribution < -0.4 is 5.32 Å². The maximum Gasteiger partial charge on any atom is 0.0715 e. The molecule has 0 rings (SSSR count). The normalized spacial score (nSPS) is 15.0. The Morgan fingerprint density at radius 1 is 1.45 bits per heavy atom. The van der Waals surface area contributed by atoms with Gasteiger partial charge in [0.15, 0.2) is 0 Å². The number of hydrogen-bond donors (Lipinski definition) is 3. The average molecular weight is 161 g/mol. The zero-order valence-corrected chi connectivity index (χ0v) is 7.59. The molecule has 0 aromatic rings. The van der Waals surface area contributed by atoms with Gasteiger partial charge in [-0.15, -0.1) is 0 Å². The first kappa shape index (κ1) is 10.9. The third-order valence-electron chi connectivity index (χ3n) is 1.30. The Hall–Kier alpha value is -0.120. The lowest BCUT2D eigenvalue weighted by molar-refractivity contribution is 0.0783. The van der Waals surface area contributed by atoms with Crippen molar-refractivity contribution in [2.75, 3.05) is 13.1 Å². The summed E-state index contributed by atoms with van der Waals surface area (Å²) in [6.45, 7) is 6.58. The summed E-state index contributed by atoms with van der Waals surface area (Å²) >= 11 is 0. The number of nitrogens with one attached hydrogen (secondary N) is 1. The van der Waals surface area contributed by atoms with Gasteiger partial charge in [-0.2, -0.15) is 0 Å². The van der Waals surface area contributed by atoms with E-state index in [-0.39, 0.29) is 6.10 Å². The molecule has 3 nitrogen and oxygen atoms in total. The number of aliphatic hydroxyl groups is 2. The van der Waals surface area contributed by atoms with Crippen molar-refractivity contribution < 1.29 is 10.2 Å². The van der Waals surface area contributed by atoms with E-state index in [2.05, 4.69) is 5.32 Å². The molecule has 3 heteroatoms. The summed E-state index contributed by atoms with van der Waals surface area (Å²) in [7, 11) is 0. The molecule has 0 radical (unpaired) electrons. The van der Waals surface area contributed by atoms with Crippen molar-refractivity contribution in [1.82, 2.24) is 5.32 Å². The van der Waals surface area contributed by atoms with Crippen LogP contribution in [-0.4, -0.2) is 35.0 Å². The molecule has 0 amide bonds. The van der Waals surface area contributed by atoms with Crippen LogP contribution in [-0.2, 0) is 0 Å². The van der Waals surface area contributed by atoms with E-state index in [4.69, 9.17) is 5.11 Å². The number of rotatable bonds is 5. The Labute approximate surface area is 68.4 Å². The van der Waals surface area contributed by atoms with Gasteiger partial charge in [0.1, 0.15) is 0 Å². The van der Waals surface area contributed by atoms with Gasteiger partial charge in [0.05, 0.1) is 11.7 Å². The van der Waals surface area contributed by atoms with Crippen molar-refractivity contribution in [3.05, 3.63) is 0 Å². The van der Waals surface area contributed by atoms with Crippen LogP contribution in [0.5, 0.6) is 0 Å². The molecule has 0 aliphatic heterocycles.